The molecular weight excluding hydrogens is 220 g/mol. The van der Waals surface area contributed by atoms with Gasteiger partial charge in [-0.3, -0.25) is 4.79 Å². The average Bonchev–Trinajstić information content (AvgIpc) is 2.85. The number of carbonyl (C=O) groups is 1. The van der Waals surface area contributed by atoms with Crippen LogP contribution in [0.1, 0.15) is 57.7 Å². The van der Waals surface area contributed by atoms with Crippen LogP contribution < -0.4 is 0 Å². The molecule has 1 aromatic heterocycles. The fraction of sp³-hybridized carbons (Fsp3) is 0.750. The van der Waals surface area contributed by atoms with Gasteiger partial charge in [-0.25, -0.2) is 0 Å². The van der Waals surface area contributed by atoms with Crippen LogP contribution in [0.25, 0.3) is 0 Å². The largest absolute Gasteiger partial charge is 0.481 e. The molecule has 0 radical (unpaired) electrons. The van der Waals surface area contributed by atoms with Gasteiger partial charge in [0.25, 0.3) is 0 Å². The Morgan fingerprint density at radius 3 is 2.59 bits per heavy atom. The topological polar surface area (TPSA) is 76.2 Å². The van der Waals surface area contributed by atoms with Gasteiger partial charge in [0.1, 0.15) is 0 Å². The molecule has 1 fully saturated rings. The Kier molecular flexibility index (Phi) is 2.93. The van der Waals surface area contributed by atoms with E-state index in [1.807, 2.05) is 20.8 Å². The molecule has 1 heterocycles. The molecule has 2 atom stereocenters. The lowest BCUT2D eigenvalue weighted by atomic mass is 9.96. The van der Waals surface area contributed by atoms with Crippen LogP contribution in [0.5, 0.6) is 0 Å². The highest BCUT2D eigenvalue weighted by molar-refractivity contribution is 5.70. The number of aliphatic carboxylic acids is 1. The van der Waals surface area contributed by atoms with Gasteiger partial charge in [0.2, 0.25) is 5.89 Å². The molecule has 94 valence electrons. The molecule has 0 aromatic carbocycles. The number of aromatic nitrogens is 2. The first-order chi connectivity index (χ1) is 7.88. The summed E-state index contributed by atoms with van der Waals surface area (Å²) in [4.78, 5) is 15.3. The average molecular weight is 238 g/mol. The zero-order valence-electron chi connectivity index (χ0n) is 10.4. The van der Waals surface area contributed by atoms with Gasteiger partial charge in [-0.2, -0.15) is 4.98 Å². The highest BCUT2D eigenvalue weighted by Gasteiger charge is 2.34. The summed E-state index contributed by atoms with van der Waals surface area (Å²) in [5, 5.41) is 12.9. The van der Waals surface area contributed by atoms with Gasteiger partial charge in [0, 0.05) is 11.3 Å². The Balaban J connectivity index is 2.10. The van der Waals surface area contributed by atoms with Crippen LogP contribution >= 0.6 is 0 Å². The lowest BCUT2D eigenvalue weighted by molar-refractivity contribution is -0.141. The fourth-order valence-corrected chi connectivity index (χ4v) is 2.14. The van der Waals surface area contributed by atoms with E-state index in [-0.39, 0.29) is 17.3 Å². The molecule has 2 rings (SSSR count). The Morgan fingerprint density at radius 1 is 1.41 bits per heavy atom. The van der Waals surface area contributed by atoms with Gasteiger partial charge < -0.3 is 9.63 Å². The van der Waals surface area contributed by atoms with Gasteiger partial charge in [-0.1, -0.05) is 25.9 Å². The van der Waals surface area contributed by atoms with Crippen LogP contribution in [-0.4, -0.2) is 21.2 Å². The summed E-state index contributed by atoms with van der Waals surface area (Å²) in [7, 11) is 0. The number of hydrogen-bond acceptors (Lipinski definition) is 4. The van der Waals surface area contributed by atoms with Crippen LogP contribution in [0, 0.1) is 5.92 Å². The first-order valence-electron chi connectivity index (χ1n) is 5.95. The Hall–Kier alpha value is -1.39. The molecule has 0 saturated heterocycles. The van der Waals surface area contributed by atoms with E-state index in [9.17, 15) is 4.79 Å². The molecule has 0 bridgehead atoms. The molecule has 1 aliphatic rings. The normalized spacial score (nSPS) is 25.1. The summed E-state index contributed by atoms with van der Waals surface area (Å²) in [6, 6.07) is 0. The van der Waals surface area contributed by atoms with Crippen molar-refractivity contribution in [3.63, 3.8) is 0 Å². The summed E-state index contributed by atoms with van der Waals surface area (Å²) >= 11 is 0. The van der Waals surface area contributed by atoms with Crippen molar-refractivity contribution in [2.45, 2.75) is 51.4 Å². The van der Waals surface area contributed by atoms with Gasteiger partial charge in [0.05, 0.1) is 5.92 Å². The van der Waals surface area contributed by atoms with Crippen molar-refractivity contribution in [3.05, 3.63) is 11.7 Å². The van der Waals surface area contributed by atoms with Crippen molar-refractivity contribution in [1.29, 1.82) is 0 Å². The number of carboxylic acids is 1. The predicted octanol–water partition coefficient (Wildman–Crippen LogP) is 2.34. The minimum Gasteiger partial charge on any atom is -0.481 e. The molecule has 5 nitrogen and oxygen atoms in total. The Morgan fingerprint density at radius 2 is 2.12 bits per heavy atom. The molecule has 1 N–H and O–H groups in total. The van der Waals surface area contributed by atoms with Crippen molar-refractivity contribution in [1.82, 2.24) is 10.1 Å². The lowest BCUT2D eigenvalue weighted by Gasteiger charge is -2.11. The van der Waals surface area contributed by atoms with Crippen molar-refractivity contribution >= 4 is 5.97 Å². The number of hydrogen-bond donors (Lipinski definition) is 1. The van der Waals surface area contributed by atoms with E-state index in [0.717, 1.165) is 6.42 Å². The van der Waals surface area contributed by atoms with E-state index >= 15 is 0 Å². The smallest absolute Gasteiger partial charge is 0.306 e. The van der Waals surface area contributed by atoms with Crippen LogP contribution in [0.15, 0.2) is 4.52 Å². The summed E-state index contributed by atoms with van der Waals surface area (Å²) in [6.07, 6.45) is 2.14. The summed E-state index contributed by atoms with van der Waals surface area (Å²) < 4.78 is 5.25. The van der Waals surface area contributed by atoms with Gasteiger partial charge in [-0.15, -0.1) is 0 Å². The van der Waals surface area contributed by atoms with Crippen molar-refractivity contribution < 1.29 is 14.4 Å². The molecule has 0 amide bonds. The predicted molar refractivity (Wildman–Crippen MR) is 60.7 cm³/mol. The minimum atomic E-state index is -0.719. The third-order valence-corrected chi connectivity index (χ3v) is 3.24. The fourth-order valence-electron chi connectivity index (χ4n) is 2.14. The monoisotopic (exact) mass is 238 g/mol. The summed E-state index contributed by atoms with van der Waals surface area (Å²) in [5.41, 5.74) is -0.132. The number of nitrogens with zero attached hydrogens (tertiary/aromatic N) is 2. The maximum Gasteiger partial charge on any atom is 0.306 e. The second kappa shape index (κ2) is 4.13. The van der Waals surface area contributed by atoms with Gasteiger partial charge in [0.15, 0.2) is 5.82 Å². The lowest BCUT2D eigenvalue weighted by Crippen LogP contribution is -2.13. The van der Waals surface area contributed by atoms with Crippen LogP contribution in [0.2, 0.25) is 0 Å². The standard InChI is InChI=1S/C12H18N2O3/c1-12(2,3)11-13-9(17-14-11)7-4-5-8(6-7)10(15)16/h7-8H,4-6H2,1-3H3,(H,15,16). The highest BCUT2D eigenvalue weighted by atomic mass is 16.5. The zero-order valence-corrected chi connectivity index (χ0v) is 10.4. The van der Waals surface area contributed by atoms with Crippen molar-refractivity contribution in [3.8, 4) is 0 Å². The summed E-state index contributed by atoms with van der Waals surface area (Å²) in [6.45, 7) is 6.07. The first-order valence-corrected chi connectivity index (χ1v) is 5.95. The Labute approximate surface area is 100 Å². The third kappa shape index (κ3) is 2.48. The van der Waals surface area contributed by atoms with Crippen LogP contribution in [0.3, 0.4) is 0 Å². The van der Waals surface area contributed by atoms with Crippen LogP contribution in [0.4, 0.5) is 0 Å². The molecule has 0 spiro atoms. The van der Waals surface area contributed by atoms with E-state index in [1.54, 1.807) is 0 Å². The van der Waals surface area contributed by atoms with E-state index in [1.165, 1.54) is 0 Å². The zero-order chi connectivity index (χ0) is 12.6. The molecule has 5 heteroatoms. The molecule has 2 unspecified atom stereocenters. The van der Waals surface area contributed by atoms with E-state index < -0.39 is 5.97 Å². The minimum absolute atomic E-state index is 0.111. The van der Waals surface area contributed by atoms with Crippen LogP contribution in [-0.2, 0) is 10.2 Å². The van der Waals surface area contributed by atoms with E-state index in [4.69, 9.17) is 9.63 Å². The quantitative estimate of drug-likeness (QED) is 0.855. The maximum atomic E-state index is 10.9. The Bertz CT molecular complexity index is 420. The second-order valence-electron chi connectivity index (χ2n) is 5.75. The number of carboxylic acid groups (broad SMARTS) is 1. The van der Waals surface area contributed by atoms with Crippen molar-refractivity contribution in [2.24, 2.45) is 5.92 Å². The molecule has 1 aromatic rings. The second-order valence-corrected chi connectivity index (χ2v) is 5.75. The molecular formula is C12H18N2O3. The number of rotatable bonds is 2. The van der Waals surface area contributed by atoms with Gasteiger partial charge in [-0.05, 0) is 19.3 Å². The molecule has 1 aliphatic carbocycles. The third-order valence-electron chi connectivity index (χ3n) is 3.24. The molecule has 1 saturated carbocycles. The first kappa shape index (κ1) is 12.1. The maximum absolute atomic E-state index is 10.9. The van der Waals surface area contributed by atoms with Crippen molar-refractivity contribution in [2.75, 3.05) is 0 Å². The molecule has 0 aliphatic heterocycles. The summed E-state index contributed by atoms with van der Waals surface area (Å²) in [5.74, 6) is 0.415. The highest BCUT2D eigenvalue weighted by Crippen LogP contribution is 2.38. The van der Waals surface area contributed by atoms with Gasteiger partial charge >= 0.3 is 5.97 Å². The van der Waals surface area contributed by atoms with E-state index in [2.05, 4.69) is 10.1 Å². The van der Waals surface area contributed by atoms with E-state index in [0.29, 0.717) is 24.6 Å². The molecule has 17 heavy (non-hydrogen) atoms. The SMILES string of the molecule is CC(C)(C)c1noc(C2CCC(C(=O)O)C2)n1.